The molecule has 0 bridgehead atoms. The molecule has 0 spiro atoms. The Bertz CT molecular complexity index is 828. The Morgan fingerprint density at radius 2 is 1.73 bits per heavy atom. The number of benzene rings is 1. The molecule has 0 unspecified atom stereocenters. The van der Waals surface area contributed by atoms with Crippen molar-refractivity contribution < 1.29 is 9.18 Å². The Morgan fingerprint density at radius 3 is 2.42 bits per heavy atom. The molecule has 1 aliphatic carbocycles. The number of fused-ring (bicyclic) bond motifs is 1. The Balaban J connectivity index is 1.65. The Kier molecular flexibility index (Phi) is 4.44. The van der Waals surface area contributed by atoms with E-state index in [1.165, 1.54) is 12.1 Å². The summed E-state index contributed by atoms with van der Waals surface area (Å²) in [6.07, 6.45) is 1.12. The number of hydrogen-bond acceptors (Lipinski definition) is 5. The van der Waals surface area contributed by atoms with Gasteiger partial charge in [0.2, 0.25) is 5.95 Å². The average molecular weight is 354 g/mol. The van der Waals surface area contributed by atoms with Gasteiger partial charge in [-0.1, -0.05) is 12.1 Å². The molecule has 0 saturated carbocycles. The van der Waals surface area contributed by atoms with Gasteiger partial charge >= 0.3 is 0 Å². The lowest BCUT2D eigenvalue weighted by molar-refractivity contribution is 0.0962. The molecule has 1 saturated heterocycles. The maximum atomic E-state index is 13.2. The van der Waals surface area contributed by atoms with Crippen LogP contribution in [0.25, 0.3) is 0 Å². The maximum absolute atomic E-state index is 13.2. The smallest absolute Gasteiger partial charge is 0.225 e. The molecule has 1 aliphatic heterocycles. The van der Waals surface area contributed by atoms with E-state index < -0.39 is 0 Å². The normalized spacial score (nSPS) is 21.0. The van der Waals surface area contributed by atoms with Crippen LogP contribution in [0.5, 0.6) is 0 Å². The monoisotopic (exact) mass is 354 g/mol. The van der Waals surface area contributed by atoms with Gasteiger partial charge in [0.25, 0.3) is 0 Å². The fraction of sp³-hybridized carbons (Fsp3) is 0.450. The van der Waals surface area contributed by atoms with E-state index in [1.54, 1.807) is 12.1 Å². The van der Waals surface area contributed by atoms with Crippen molar-refractivity contribution in [3.05, 3.63) is 52.6 Å². The summed E-state index contributed by atoms with van der Waals surface area (Å²) in [5.41, 5.74) is 3.27. The first-order chi connectivity index (χ1) is 12.5. The third kappa shape index (κ3) is 3.21. The number of likely N-dealkylation sites (N-methyl/N-ethyl adjacent to an activating group) is 1. The van der Waals surface area contributed by atoms with Gasteiger partial charge < -0.3 is 9.80 Å². The summed E-state index contributed by atoms with van der Waals surface area (Å²) >= 11 is 0. The SMILES string of the molecule is Cc1nc(N2CCN(C)CC2)nc2c1C(=O)C[C@H](c1ccc(F)cc1)C2. The van der Waals surface area contributed by atoms with Crippen LogP contribution < -0.4 is 4.90 Å². The van der Waals surface area contributed by atoms with E-state index >= 15 is 0 Å². The van der Waals surface area contributed by atoms with Crippen molar-refractivity contribution in [3.63, 3.8) is 0 Å². The molecule has 0 amide bonds. The van der Waals surface area contributed by atoms with E-state index in [4.69, 9.17) is 4.98 Å². The number of carbonyl (C=O) groups is 1. The lowest BCUT2D eigenvalue weighted by Crippen LogP contribution is -2.45. The molecule has 26 heavy (non-hydrogen) atoms. The summed E-state index contributed by atoms with van der Waals surface area (Å²) < 4.78 is 13.2. The van der Waals surface area contributed by atoms with E-state index in [1.807, 2.05) is 6.92 Å². The summed E-state index contributed by atoms with van der Waals surface area (Å²) in [6, 6.07) is 6.45. The van der Waals surface area contributed by atoms with E-state index in [9.17, 15) is 9.18 Å². The van der Waals surface area contributed by atoms with Crippen LogP contribution in [0.15, 0.2) is 24.3 Å². The number of piperazine rings is 1. The van der Waals surface area contributed by atoms with Crippen LogP contribution in [-0.4, -0.2) is 53.9 Å². The first-order valence-corrected chi connectivity index (χ1v) is 9.11. The molecule has 0 radical (unpaired) electrons. The molecule has 2 heterocycles. The molecule has 0 N–H and O–H groups in total. The number of hydrogen-bond donors (Lipinski definition) is 0. The van der Waals surface area contributed by atoms with Gasteiger partial charge in [-0.05, 0) is 44.0 Å². The summed E-state index contributed by atoms with van der Waals surface area (Å²) in [5, 5.41) is 0. The molecule has 2 aliphatic rings. The van der Waals surface area contributed by atoms with Crippen LogP contribution >= 0.6 is 0 Å². The third-order valence-corrected chi connectivity index (χ3v) is 5.43. The molecule has 136 valence electrons. The minimum Gasteiger partial charge on any atom is -0.338 e. The third-order valence-electron chi connectivity index (χ3n) is 5.43. The second kappa shape index (κ2) is 6.76. The summed E-state index contributed by atoms with van der Waals surface area (Å²) in [5.74, 6) is 0.599. The van der Waals surface area contributed by atoms with Crippen LogP contribution in [-0.2, 0) is 6.42 Å². The van der Waals surface area contributed by atoms with Crippen LogP contribution in [0.1, 0.15) is 39.6 Å². The molecule has 4 rings (SSSR count). The van der Waals surface area contributed by atoms with E-state index in [0.29, 0.717) is 18.4 Å². The van der Waals surface area contributed by atoms with Gasteiger partial charge in [-0.25, -0.2) is 14.4 Å². The predicted molar refractivity (Wildman–Crippen MR) is 98.3 cm³/mol. The quantitative estimate of drug-likeness (QED) is 0.830. The molecule has 2 aromatic rings. The van der Waals surface area contributed by atoms with E-state index in [0.717, 1.165) is 49.1 Å². The first kappa shape index (κ1) is 17.1. The molecular formula is C20H23FN4O. The Morgan fingerprint density at radius 1 is 1.04 bits per heavy atom. The maximum Gasteiger partial charge on any atom is 0.225 e. The highest BCUT2D eigenvalue weighted by Gasteiger charge is 2.31. The lowest BCUT2D eigenvalue weighted by Gasteiger charge is -2.33. The fourth-order valence-corrected chi connectivity index (χ4v) is 3.88. The average Bonchev–Trinajstić information content (AvgIpc) is 2.62. The number of halogens is 1. The van der Waals surface area contributed by atoms with Gasteiger partial charge in [0, 0.05) is 32.6 Å². The highest BCUT2D eigenvalue weighted by atomic mass is 19.1. The standard InChI is InChI=1S/C20H23FN4O/c1-13-19-17(23-20(22-13)25-9-7-24(2)8-10-25)11-15(12-18(19)26)14-3-5-16(21)6-4-14/h3-6,15H,7-12H2,1-2H3/t15-/m1/s1. The van der Waals surface area contributed by atoms with Gasteiger partial charge in [-0.3, -0.25) is 4.79 Å². The van der Waals surface area contributed by atoms with Crippen molar-refractivity contribution >= 4 is 11.7 Å². The van der Waals surface area contributed by atoms with Gasteiger partial charge in [-0.2, -0.15) is 0 Å². The van der Waals surface area contributed by atoms with Crippen LogP contribution in [0, 0.1) is 12.7 Å². The number of anilines is 1. The van der Waals surface area contributed by atoms with E-state index in [2.05, 4.69) is 21.8 Å². The Hall–Kier alpha value is -2.34. The zero-order chi connectivity index (χ0) is 18.3. The lowest BCUT2D eigenvalue weighted by atomic mass is 9.81. The predicted octanol–water partition coefficient (Wildman–Crippen LogP) is 2.59. The number of carbonyl (C=O) groups excluding carboxylic acids is 1. The molecule has 1 atom stereocenters. The van der Waals surface area contributed by atoms with Gasteiger partial charge in [-0.15, -0.1) is 0 Å². The molecule has 6 heteroatoms. The summed E-state index contributed by atoms with van der Waals surface area (Å²) in [6.45, 7) is 5.65. The van der Waals surface area contributed by atoms with Gasteiger partial charge in [0.05, 0.1) is 17.0 Å². The second-order valence-corrected chi connectivity index (χ2v) is 7.30. The van der Waals surface area contributed by atoms with Crippen molar-refractivity contribution in [2.45, 2.75) is 25.7 Å². The number of ketones is 1. The largest absolute Gasteiger partial charge is 0.338 e. The van der Waals surface area contributed by atoms with Crippen molar-refractivity contribution in [1.29, 1.82) is 0 Å². The van der Waals surface area contributed by atoms with Crippen LogP contribution in [0.3, 0.4) is 0 Å². The molecule has 1 aromatic carbocycles. The second-order valence-electron chi connectivity index (χ2n) is 7.30. The number of rotatable bonds is 2. The molecule has 1 aromatic heterocycles. The number of nitrogens with zero attached hydrogens (tertiary/aromatic N) is 4. The van der Waals surface area contributed by atoms with Crippen molar-refractivity contribution in [1.82, 2.24) is 14.9 Å². The Labute approximate surface area is 152 Å². The minimum atomic E-state index is -0.258. The summed E-state index contributed by atoms with van der Waals surface area (Å²) in [7, 11) is 2.11. The van der Waals surface area contributed by atoms with Crippen LogP contribution in [0.4, 0.5) is 10.3 Å². The number of aryl methyl sites for hydroxylation is 1. The molecular weight excluding hydrogens is 331 g/mol. The summed E-state index contributed by atoms with van der Waals surface area (Å²) in [4.78, 5) is 26.6. The van der Waals surface area contributed by atoms with Crippen molar-refractivity contribution in [3.8, 4) is 0 Å². The number of aromatic nitrogens is 2. The zero-order valence-electron chi connectivity index (χ0n) is 15.2. The van der Waals surface area contributed by atoms with Crippen LogP contribution in [0.2, 0.25) is 0 Å². The topological polar surface area (TPSA) is 49.3 Å². The first-order valence-electron chi connectivity index (χ1n) is 9.11. The minimum absolute atomic E-state index is 0.0465. The zero-order valence-corrected chi connectivity index (χ0v) is 15.2. The molecule has 1 fully saturated rings. The highest BCUT2D eigenvalue weighted by molar-refractivity contribution is 5.99. The number of Topliss-reactive ketones (excluding diaryl/α,β-unsaturated/α-hetero) is 1. The van der Waals surface area contributed by atoms with Crippen molar-refractivity contribution in [2.24, 2.45) is 0 Å². The highest BCUT2D eigenvalue weighted by Crippen LogP contribution is 2.33. The van der Waals surface area contributed by atoms with Crippen molar-refractivity contribution in [2.75, 3.05) is 38.1 Å². The van der Waals surface area contributed by atoms with Gasteiger partial charge in [0.15, 0.2) is 5.78 Å². The van der Waals surface area contributed by atoms with Gasteiger partial charge in [0.1, 0.15) is 5.82 Å². The van der Waals surface area contributed by atoms with E-state index in [-0.39, 0.29) is 17.5 Å². The molecule has 5 nitrogen and oxygen atoms in total. The fourth-order valence-electron chi connectivity index (χ4n) is 3.88.